The molecule has 2 aromatic carbocycles. The first-order valence-corrected chi connectivity index (χ1v) is 7.72. The minimum atomic E-state index is -4.94. The van der Waals surface area contributed by atoms with Crippen LogP contribution in [0.1, 0.15) is 6.92 Å². The summed E-state index contributed by atoms with van der Waals surface area (Å²) in [6.07, 6.45) is -4.94. The fourth-order valence-corrected chi connectivity index (χ4v) is 2.59. The molecule has 130 valence electrons. The number of hydrogen-bond acceptors (Lipinski definition) is 3. The van der Waals surface area contributed by atoms with Crippen LogP contribution in [0.2, 0.25) is 5.02 Å². The summed E-state index contributed by atoms with van der Waals surface area (Å²) in [6.45, 7) is 1.35. The molecule has 0 aliphatic carbocycles. The van der Waals surface area contributed by atoms with Gasteiger partial charge in [-0.1, -0.05) is 17.7 Å². The van der Waals surface area contributed by atoms with Gasteiger partial charge in [0.05, 0.1) is 0 Å². The van der Waals surface area contributed by atoms with E-state index < -0.39 is 12.1 Å². The number of amides is 1. The molecule has 8 heteroatoms. The molecule has 4 nitrogen and oxygen atoms in total. The lowest BCUT2D eigenvalue weighted by molar-refractivity contribution is -0.170. The Bertz CT molecular complexity index is 937. The van der Waals surface area contributed by atoms with Crippen molar-refractivity contribution in [2.75, 3.05) is 11.4 Å². The van der Waals surface area contributed by atoms with Crippen LogP contribution in [0.15, 0.2) is 46.9 Å². The molecule has 0 aliphatic rings. The molecule has 3 aromatic rings. The molecule has 0 bridgehead atoms. The number of halogens is 4. The third kappa shape index (κ3) is 3.46. The summed E-state index contributed by atoms with van der Waals surface area (Å²) in [5.74, 6) is -1.69. The predicted octanol–water partition coefficient (Wildman–Crippen LogP) is 5.06. The lowest BCUT2D eigenvalue weighted by Gasteiger charge is -2.22. The Morgan fingerprint density at radius 3 is 2.68 bits per heavy atom. The average molecular weight is 369 g/mol. The van der Waals surface area contributed by atoms with Gasteiger partial charge in [0.1, 0.15) is 5.52 Å². The van der Waals surface area contributed by atoms with Crippen LogP contribution in [0.5, 0.6) is 0 Å². The first kappa shape index (κ1) is 17.3. The third-order valence-corrected chi connectivity index (χ3v) is 3.79. The second-order valence-corrected chi connectivity index (χ2v) is 5.66. The number of alkyl halides is 3. The van der Waals surface area contributed by atoms with Crippen molar-refractivity contribution in [3.63, 3.8) is 0 Å². The zero-order chi connectivity index (χ0) is 18.2. The van der Waals surface area contributed by atoms with Gasteiger partial charge in [-0.3, -0.25) is 4.79 Å². The number of nitrogens with zero attached hydrogens (tertiary/aromatic N) is 2. The van der Waals surface area contributed by atoms with Gasteiger partial charge in [-0.05, 0) is 43.3 Å². The van der Waals surface area contributed by atoms with E-state index >= 15 is 0 Å². The van der Waals surface area contributed by atoms with E-state index in [9.17, 15) is 18.0 Å². The van der Waals surface area contributed by atoms with E-state index in [4.69, 9.17) is 16.0 Å². The van der Waals surface area contributed by atoms with E-state index in [-0.39, 0.29) is 18.1 Å². The van der Waals surface area contributed by atoms with Gasteiger partial charge >= 0.3 is 12.1 Å². The van der Waals surface area contributed by atoms with Gasteiger partial charge in [-0.2, -0.15) is 13.2 Å². The minimum Gasteiger partial charge on any atom is -0.436 e. The first-order chi connectivity index (χ1) is 11.8. The van der Waals surface area contributed by atoms with Crippen LogP contribution in [0.3, 0.4) is 0 Å². The molecular formula is C17H12ClF3N2O2. The van der Waals surface area contributed by atoms with Crippen LogP contribution < -0.4 is 4.90 Å². The highest BCUT2D eigenvalue weighted by Crippen LogP contribution is 2.30. The highest BCUT2D eigenvalue weighted by atomic mass is 35.5. The molecule has 3 rings (SSSR count). The van der Waals surface area contributed by atoms with Gasteiger partial charge in [0.2, 0.25) is 5.89 Å². The van der Waals surface area contributed by atoms with Gasteiger partial charge in [-0.15, -0.1) is 0 Å². The van der Waals surface area contributed by atoms with Crippen molar-refractivity contribution >= 4 is 34.3 Å². The zero-order valence-electron chi connectivity index (χ0n) is 13.0. The van der Waals surface area contributed by atoms with Crippen LogP contribution in [-0.4, -0.2) is 23.6 Å². The summed E-state index contributed by atoms with van der Waals surface area (Å²) in [5.41, 5.74) is 1.61. The molecule has 0 fully saturated rings. The van der Waals surface area contributed by atoms with Crippen molar-refractivity contribution in [2.45, 2.75) is 13.1 Å². The Morgan fingerprint density at radius 1 is 1.24 bits per heavy atom. The molecule has 0 spiro atoms. The molecule has 0 saturated carbocycles. The predicted molar refractivity (Wildman–Crippen MR) is 88.5 cm³/mol. The van der Waals surface area contributed by atoms with Crippen molar-refractivity contribution < 1.29 is 22.4 Å². The van der Waals surface area contributed by atoms with E-state index in [0.29, 0.717) is 26.6 Å². The number of aromatic nitrogens is 1. The molecule has 1 heterocycles. The molecule has 0 saturated heterocycles. The Morgan fingerprint density at radius 2 is 2.00 bits per heavy atom. The van der Waals surface area contributed by atoms with E-state index in [2.05, 4.69) is 4.98 Å². The van der Waals surface area contributed by atoms with Crippen LogP contribution in [0.25, 0.3) is 22.6 Å². The summed E-state index contributed by atoms with van der Waals surface area (Å²) in [4.78, 5) is 16.5. The maximum absolute atomic E-state index is 12.7. The molecule has 25 heavy (non-hydrogen) atoms. The summed E-state index contributed by atoms with van der Waals surface area (Å²) in [6, 6.07) is 11.0. The fraction of sp³-hybridized carbons (Fsp3) is 0.176. The van der Waals surface area contributed by atoms with Crippen molar-refractivity contribution in [3.8, 4) is 11.5 Å². The number of fused-ring (bicyclic) bond motifs is 1. The number of hydrogen-bond donors (Lipinski definition) is 0. The number of carbonyl (C=O) groups is 1. The highest BCUT2D eigenvalue weighted by Gasteiger charge is 2.42. The summed E-state index contributed by atoms with van der Waals surface area (Å²) in [7, 11) is 0. The van der Waals surface area contributed by atoms with Crippen molar-refractivity contribution in [1.82, 2.24) is 4.98 Å². The Kier molecular flexibility index (Phi) is 4.43. The third-order valence-electron chi connectivity index (χ3n) is 3.56. The van der Waals surface area contributed by atoms with Crippen LogP contribution in [0, 0.1) is 0 Å². The molecule has 1 aromatic heterocycles. The zero-order valence-corrected chi connectivity index (χ0v) is 13.7. The van der Waals surface area contributed by atoms with E-state index in [0.717, 1.165) is 0 Å². The second-order valence-electron chi connectivity index (χ2n) is 5.23. The number of carbonyl (C=O) groups excluding carboxylic acids is 1. The largest absolute Gasteiger partial charge is 0.471 e. The summed E-state index contributed by atoms with van der Waals surface area (Å²) in [5, 5.41) is 0.494. The van der Waals surface area contributed by atoms with Gasteiger partial charge in [-0.25, -0.2) is 4.98 Å². The summed E-state index contributed by atoms with van der Waals surface area (Å²) >= 11 is 5.90. The normalized spacial score (nSPS) is 11.7. The van der Waals surface area contributed by atoms with Gasteiger partial charge < -0.3 is 9.32 Å². The molecule has 0 unspecified atom stereocenters. The molecule has 0 N–H and O–H groups in total. The van der Waals surface area contributed by atoms with Crippen LogP contribution >= 0.6 is 11.6 Å². The van der Waals surface area contributed by atoms with E-state index in [1.165, 1.54) is 19.1 Å². The van der Waals surface area contributed by atoms with E-state index in [1.54, 1.807) is 30.3 Å². The smallest absolute Gasteiger partial charge is 0.436 e. The van der Waals surface area contributed by atoms with E-state index in [1.807, 2.05) is 0 Å². The molecule has 0 atom stereocenters. The molecule has 1 amide bonds. The minimum absolute atomic E-state index is 0.114. The lowest BCUT2D eigenvalue weighted by Crippen LogP contribution is -2.41. The van der Waals surface area contributed by atoms with Gasteiger partial charge in [0.15, 0.2) is 5.58 Å². The topological polar surface area (TPSA) is 46.3 Å². The Balaban J connectivity index is 2.01. The number of anilines is 1. The molecule has 0 radical (unpaired) electrons. The number of benzene rings is 2. The average Bonchev–Trinajstić information content (AvgIpc) is 2.98. The quantitative estimate of drug-likeness (QED) is 0.649. The first-order valence-electron chi connectivity index (χ1n) is 7.35. The van der Waals surface area contributed by atoms with Crippen molar-refractivity contribution in [3.05, 3.63) is 47.5 Å². The van der Waals surface area contributed by atoms with Gasteiger partial charge in [0, 0.05) is 22.8 Å². The monoisotopic (exact) mass is 368 g/mol. The maximum Gasteiger partial charge on any atom is 0.471 e. The summed E-state index contributed by atoms with van der Waals surface area (Å²) < 4.78 is 43.8. The van der Waals surface area contributed by atoms with Crippen LogP contribution in [-0.2, 0) is 4.79 Å². The number of rotatable bonds is 3. The van der Waals surface area contributed by atoms with Crippen LogP contribution in [0.4, 0.5) is 18.9 Å². The van der Waals surface area contributed by atoms with Gasteiger partial charge in [0.25, 0.3) is 0 Å². The lowest BCUT2D eigenvalue weighted by atomic mass is 10.2. The maximum atomic E-state index is 12.7. The fourth-order valence-electron chi connectivity index (χ4n) is 2.43. The Hall–Kier alpha value is -2.54. The van der Waals surface area contributed by atoms with Crippen molar-refractivity contribution in [1.29, 1.82) is 0 Å². The standard InChI is InChI=1S/C17H12ClF3N2O2/c1-2-23(16(24)17(19,20)21)12-5-3-4-10(8-12)15-22-13-9-11(18)6-7-14(13)25-15/h3-9H,2H2,1H3. The molecular weight excluding hydrogens is 357 g/mol. The van der Waals surface area contributed by atoms with Crippen molar-refractivity contribution in [2.24, 2.45) is 0 Å². The second kappa shape index (κ2) is 6.40. The number of oxazole rings is 1. The Labute approximate surface area is 145 Å². The SMILES string of the molecule is CCN(C(=O)C(F)(F)F)c1cccc(-c2nc3cc(Cl)ccc3o2)c1. The highest BCUT2D eigenvalue weighted by molar-refractivity contribution is 6.31. The molecule has 0 aliphatic heterocycles.